The summed E-state index contributed by atoms with van der Waals surface area (Å²) < 4.78 is 52.4. The summed E-state index contributed by atoms with van der Waals surface area (Å²) in [4.78, 5) is 0.183. The Morgan fingerprint density at radius 2 is 1.42 bits per heavy atom. The molecule has 0 saturated carbocycles. The van der Waals surface area contributed by atoms with E-state index in [1.165, 1.54) is 26.2 Å². The van der Waals surface area contributed by atoms with E-state index in [4.69, 9.17) is 0 Å². The molecule has 0 aromatic heterocycles. The maximum atomic E-state index is 12.3. The first-order chi connectivity index (χ1) is 12.0. The predicted octanol–water partition coefficient (Wildman–Crippen LogP) is 2.54. The average molecular weight is 397 g/mol. The van der Waals surface area contributed by atoms with Gasteiger partial charge in [0.1, 0.15) is 0 Å². The molecule has 0 fully saturated rings. The Balaban J connectivity index is 2.05. The molecule has 26 heavy (non-hydrogen) atoms. The minimum atomic E-state index is -3.49. The second kappa shape index (κ2) is 7.77. The molecule has 0 heterocycles. The minimum absolute atomic E-state index is 0.0836. The lowest BCUT2D eigenvalue weighted by atomic mass is 10.1. The van der Waals surface area contributed by atoms with E-state index < -0.39 is 20.0 Å². The Morgan fingerprint density at radius 3 is 1.92 bits per heavy atom. The molecule has 0 atom stereocenters. The molecule has 0 aliphatic heterocycles. The van der Waals surface area contributed by atoms with E-state index in [0.29, 0.717) is 12.1 Å². The van der Waals surface area contributed by atoms with Crippen LogP contribution in [0.3, 0.4) is 0 Å². The number of nitrogens with one attached hydrogen (secondary N) is 1. The average Bonchev–Trinajstić information content (AvgIpc) is 2.52. The quantitative estimate of drug-likeness (QED) is 0.780. The Kier molecular flexibility index (Phi) is 6.10. The van der Waals surface area contributed by atoms with Crippen LogP contribution in [0.5, 0.6) is 0 Å². The van der Waals surface area contributed by atoms with Gasteiger partial charge in [-0.05, 0) is 61.2 Å². The highest BCUT2D eigenvalue weighted by Crippen LogP contribution is 2.17. The zero-order valence-corrected chi connectivity index (χ0v) is 17.0. The molecule has 0 radical (unpaired) electrons. The molecule has 0 aliphatic carbocycles. The largest absolute Gasteiger partial charge is 0.284 e. The van der Waals surface area contributed by atoms with Crippen LogP contribution in [-0.2, 0) is 26.5 Å². The van der Waals surface area contributed by atoms with Crippen molar-refractivity contribution in [3.05, 3.63) is 59.2 Å². The van der Waals surface area contributed by atoms with E-state index in [1.807, 2.05) is 19.9 Å². The van der Waals surface area contributed by atoms with Crippen LogP contribution in [-0.4, -0.2) is 41.0 Å². The van der Waals surface area contributed by atoms with Crippen LogP contribution in [0.4, 0.5) is 5.69 Å². The zero-order valence-electron chi connectivity index (χ0n) is 15.4. The lowest BCUT2D eigenvalue weighted by Gasteiger charge is -2.12. The van der Waals surface area contributed by atoms with Gasteiger partial charge in [0, 0.05) is 19.8 Å². The fourth-order valence-corrected chi connectivity index (χ4v) is 4.54. The van der Waals surface area contributed by atoms with Gasteiger partial charge in [-0.15, -0.1) is 0 Å². The number of aryl methyl sites for hydroxylation is 3. The fraction of sp³-hybridized carbons (Fsp3) is 0.333. The molecule has 2 rings (SSSR count). The summed E-state index contributed by atoms with van der Waals surface area (Å²) in [6, 6.07) is 11.8. The van der Waals surface area contributed by atoms with Crippen molar-refractivity contribution in [3.63, 3.8) is 0 Å². The van der Waals surface area contributed by atoms with Gasteiger partial charge in [0.15, 0.2) is 0 Å². The molecular weight excluding hydrogens is 372 g/mol. The van der Waals surface area contributed by atoms with Crippen molar-refractivity contribution in [1.29, 1.82) is 0 Å². The third-order valence-electron chi connectivity index (χ3n) is 3.86. The number of sulfonamides is 2. The Bertz CT molecular complexity index is 960. The van der Waals surface area contributed by atoms with Gasteiger partial charge in [-0.25, -0.2) is 21.1 Å². The van der Waals surface area contributed by atoms with E-state index in [9.17, 15) is 16.8 Å². The molecule has 1 N–H and O–H groups in total. The lowest BCUT2D eigenvalue weighted by molar-refractivity contribution is 0.520. The topological polar surface area (TPSA) is 83.5 Å². The van der Waals surface area contributed by atoms with Crippen molar-refractivity contribution in [1.82, 2.24) is 4.31 Å². The summed E-state index contributed by atoms with van der Waals surface area (Å²) >= 11 is 0. The van der Waals surface area contributed by atoms with Crippen LogP contribution in [0.1, 0.15) is 16.7 Å². The van der Waals surface area contributed by atoms with Crippen molar-refractivity contribution in [2.75, 3.05) is 24.6 Å². The third kappa shape index (κ3) is 5.30. The van der Waals surface area contributed by atoms with Crippen molar-refractivity contribution < 1.29 is 16.8 Å². The summed E-state index contributed by atoms with van der Waals surface area (Å²) in [5.41, 5.74) is 3.28. The number of hydrogen-bond donors (Lipinski definition) is 1. The third-order valence-corrected chi connectivity index (χ3v) is 6.97. The van der Waals surface area contributed by atoms with Crippen LogP contribution in [0.25, 0.3) is 0 Å². The van der Waals surface area contributed by atoms with Gasteiger partial charge in [-0.2, -0.15) is 0 Å². The summed E-state index contributed by atoms with van der Waals surface area (Å²) in [5, 5.41) is 0. The molecule has 0 saturated heterocycles. The Labute approximate surface area is 156 Å². The molecule has 0 spiro atoms. The van der Waals surface area contributed by atoms with E-state index in [1.54, 1.807) is 24.3 Å². The highest BCUT2D eigenvalue weighted by atomic mass is 32.2. The van der Waals surface area contributed by atoms with Crippen LogP contribution in [0, 0.1) is 13.8 Å². The van der Waals surface area contributed by atoms with Gasteiger partial charge in [-0.1, -0.05) is 18.2 Å². The smallest absolute Gasteiger partial charge is 0.242 e. The number of nitrogens with zero attached hydrogens (tertiary/aromatic N) is 1. The van der Waals surface area contributed by atoms with Gasteiger partial charge >= 0.3 is 0 Å². The molecule has 6 nitrogen and oxygen atoms in total. The Morgan fingerprint density at radius 1 is 0.885 bits per heavy atom. The zero-order chi connectivity index (χ0) is 19.5. The van der Waals surface area contributed by atoms with E-state index >= 15 is 0 Å². The highest BCUT2D eigenvalue weighted by Gasteiger charge is 2.17. The van der Waals surface area contributed by atoms with E-state index in [-0.39, 0.29) is 10.6 Å². The van der Waals surface area contributed by atoms with Crippen LogP contribution < -0.4 is 4.72 Å². The summed E-state index contributed by atoms with van der Waals surface area (Å²) in [6.45, 7) is 3.82. The molecule has 0 amide bonds. The number of rotatable bonds is 7. The first-order valence-corrected chi connectivity index (χ1v) is 11.2. The van der Waals surface area contributed by atoms with Crippen LogP contribution in [0.15, 0.2) is 47.4 Å². The molecule has 2 aromatic carbocycles. The minimum Gasteiger partial charge on any atom is -0.284 e. The molecule has 0 bridgehead atoms. The summed E-state index contributed by atoms with van der Waals surface area (Å²) in [7, 11) is -4.04. The molecular formula is C18H24N2O4S2. The molecule has 0 aliphatic rings. The second-order valence-electron chi connectivity index (χ2n) is 6.48. The van der Waals surface area contributed by atoms with Crippen molar-refractivity contribution in [2.45, 2.75) is 25.2 Å². The highest BCUT2D eigenvalue weighted by molar-refractivity contribution is 7.92. The lowest BCUT2D eigenvalue weighted by Crippen LogP contribution is -2.22. The van der Waals surface area contributed by atoms with Crippen LogP contribution in [0.2, 0.25) is 0 Å². The molecule has 142 valence electrons. The van der Waals surface area contributed by atoms with E-state index in [0.717, 1.165) is 21.0 Å². The Hall–Kier alpha value is -1.90. The monoisotopic (exact) mass is 396 g/mol. The molecule has 0 unspecified atom stereocenters. The first-order valence-electron chi connectivity index (χ1n) is 8.10. The van der Waals surface area contributed by atoms with Crippen molar-refractivity contribution >= 4 is 25.7 Å². The standard InChI is InChI=1S/C18H24N2O4S2/c1-14-11-15(2)13-17(12-14)19-25(21,22)10-9-16-5-7-18(8-6-16)26(23,24)20(3)4/h5-8,11-13,19H,9-10H2,1-4H3. The molecule has 2 aromatic rings. The van der Waals surface area contributed by atoms with Crippen molar-refractivity contribution in [2.24, 2.45) is 0 Å². The van der Waals surface area contributed by atoms with E-state index in [2.05, 4.69) is 4.72 Å². The van der Waals surface area contributed by atoms with Crippen LogP contribution >= 0.6 is 0 Å². The summed E-state index contributed by atoms with van der Waals surface area (Å²) in [5.74, 6) is -0.0836. The van der Waals surface area contributed by atoms with Gasteiger partial charge in [-0.3, -0.25) is 4.72 Å². The first kappa shape index (κ1) is 20.4. The van der Waals surface area contributed by atoms with Gasteiger partial charge in [0.2, 0.25) is 20.0 Å². The predicted molar refractivity (Wildman–Crippen MR) is 104 cm³/mol. The second-order valence-corrected chi connectivity index (χ2v) is 10.5. The maximum Gasteiger partial charge on any atom is 0.242 e. The van der Waals surface area contributed by atoms with Gasteiger partial charge in [0.25, 0.3) is 0 Å². The number of hydrogen-bond acceptors (Lipinski definition) is 4. The molecule has 8 heteroatoms. The number of anilines is 1. The fourth-order valence-electron chi connectivity index (χ4n) is 2.56. The maximum absolute atomic E-state index is 12.3. The summed E-state index contributed by atoms with van der Waals surface area (Å²) in [6.07, 6.45) is 0.294. The SMILES string of the molecule is Cc1cc(C)cc(NS(=O)(=O)CCc2ccc(S(=O)(=O)N(C)C)cc2)c1. The number of benzene rings is 2. The van der Waals surface area contributed by atoms with Gasteiger partial charge < -0.3 is 0 Å². The van der Waals surface area contributed by atoms with Crippen molar-refractivity contribution in [3.8, 4) is 0 Å². The normalized spacial score (nSPS) is 12.3. The van der Waals surface area contributed by atoms with Gasteiger partial charge in [0.05, 0.1) is 10.6 Å².